The maximum Gasteiger partial charge on any atom is 0.306 e. The first-order chi connectivity index (χ1) is 10.3. The topological polar surface area (TPSA) is 92.7 Å². The molecular weight excluding hydrogens is 306 g/mol. The van der Waals surface area contributed by atoms with Crippen molar-refractivity contribution in [1.29, 1.82) is 0 Å². The molecule has 0 atom stereocenters. The predicted molar refractivity (Wildman–Crippen MR) is 81.4 cm³/mol. The van der Waals surface area contributed by atoms with E-state index in [1.807, 2.05) is 0 Å². The Labute approximate surface area is 130 Å². The number of aryl methyl sites for hydroxylation is 1. The van der Waals surface area contributed by atoms with Gasteiger partial charge in [0.2, 0.25) is 10.0 Å². The van der Waals surface area contributed by atoms with E-state index in [4.69, 9.17) is 9.84 Å². The first-order valence-electron chi connectivity index (χ1n) is 7.23. The summed E-state index contributed by atoms with van der Waals surface area (Å²) >= 11 is 0. The summed E-state index contributed by atoms with van der Waals surface area (Å²) in [6.07, 6.45) is 2.10. The number of ether oxygens (including phenoxy) is 1. The summed E-state index contributed by atoms with van der Waals surface area (Å²) in [6.45, 7) is 1.79. The zero-order valence-corrected chi connectivity index (χ0v) is 13.5. The highest BCUT2D eigenvalue weighted by molar-refractivity contribution is 7.89. The minimum atomic E-state index is -3.60. The highest BCUT2D eigenvalue weighted by atomic mass is 32.2. The van der Waals surface area contributed by atoms with Crippen LogP contribution in [0.25, 0.3) is 0 Å². The summed E-state index contributed by atoms with van der Waals surface area (Å²) in [6, 6.07) is 4.51. The normalized spacial score (nSPS) is 22.3. The lowest BCUT2D eigenvalue weighted by molar-refractivity contribution is -0.142. The van der Waals surface area contributed by atoms with Crippen LogP contribution >= 0.6 is 0 Å². The van der Waals surface area contributed by atoms with E-state index in [0.29, 0.717) is 31.4 Å². The number of sulfonamides is 1. The lowest BCUT2D eigenvalue weighted by Gasteiger charge is -2.26. The molecule has 122 valence electrons. The fraction of sp³-hybridized carbons (Fsp3) is 0.533. The highest BCUT2D eigenvalue weighted by Gasteiger charge is 2.29. The molecule has 1 saturated carbocycles. The van der Waals surface area contributed by atoms with Crippen LogP contribution in [-0.2, 0) is 14.8 Å². The van der Waals surface area contributed by atoms with Crippen LogP contribution in [0.1, 0.15) is 31.2 Å². The number of methoxy groups -OCH3 is 1. The predicted octanol–water partition coefficient (Wildman–Crippen LogP) is 1.93. The third-order valence-corrected chi connectivity index (χ3v) is 5.59. The molecule has 0 amide bonds. The molecular formula is C15H21NO5S. The Morgan fingerprint density at radius 3 is 2.41 bits per heavy atom. The third-order valence-electron chi connectivity index (χ3n) is 4.07. The first kappa shape index (κ1) is 16.8. The molecule has 22 heavy (non-hydrogen) atoms. The number of hydrogen-bond donors (Lipinski definition) is 2. The van der Waals surface area contributed by atoms with Gasteiger partial charge in [-0.1, -0.05) is 0 Å². The van der Waals surface area contributed by atoms with Crippen LogP contribution in [0.15, 0.2) is 23.1 Å². The van der Waals surface area contributed by atoms with E-state index in [0.717, 1.165) is 5.56 Å². The van der Waals surface area contributed by atoms with Crippen LogP contribution in [0, 0.1) is 12.8 Å². The summed E-state index contributed by atoms with van der Waals surface area (Å²) in [7, 11) is -2.06. The van der Waals surface area contributed by atoms with E-state index in [-0.39, 0.29) is 16.9 Å². The Balaban J connectivity index is 2.06. The van der Waals surface area contributed by atoms with Crippen molar-refractivity contribution in [2.24, 2.45) is 5.92 Å². The molecule has 0 aromatic heterocycles. The van der Waals surface area contributed by atoms with Crippen molar-refractivity contribution in [2.75, 3.05) is 7.11 Å². The minimum absolute atomic E-state index is 0.200. The fourth-order valence-corrected chi connectivity index (χ4v) is 4.15. The lowest BCUT2D eigenvalue weighted by atomic mass is 9.87. The van der Waals surface area contributed by atoms with Gasteiger partial charge in [-0.2, -0.15) is 0 Å². The Morgan fingerprint density at radius 1 is 1.27 bits per heavy atom. The minimum Gasteiger partial charge on any atom is -0.496 e. The average molecular weight is 327 g/mol. The molecule has 1 aliphatic carbocycles. The lowest BCUT2D eigenvalue weighted by Crippen LogP contribution is -2.38. The van der Waals surface area contributed by atoms with Crippen LogP contribution in [0.2, 0.25) is 0 Å². The van der Waals surface area contributed by atoms with Gasteiger partial charge in [0, 0.05) is 6.04 Å². The smallest absolute Gasteiger partial charge is 0.306 e. The van der Waals surface area contributed by atoms with Crippen LogP contribution in [-0.4, -0.2) is 32.6 Å². The maximum atomic E-state index is 12.4. The Bertz CT molecular complexity index is 648. The monoisotopic (exact) mass is 327 g/mol. The van der Waals surface area contributed by atoms with Crippen molar-refractivity contribution in [3.8, 4) is 5.75 Å². The largest absolute Gasteiger partial charge is 0.496 e. The van der Waals surface area contributed by atoms with Gasteiger partial charge in [-0.3, -0.25) is 4.79 Å². The number of aliphatic carboxylic acids is 1. The molecule has 0 heterocycles. The van der Waals surface area contributed by atoms with E-state index in [1.54, 1.807) is 19.1 Å². The molecule has 7 heteroatoms. The highest BCUT2D eigenvalue weighted by Crippen LogP contribution is 2.26. The van der Waals surface area contributed by atoms with Crippen LogP contribution < -0.4 is 9.46 Å². The van der Waals surface area contributed by atoms with E-state index in [9.17, 15) is 13.2 Å². The second kappa shape index (κ2) is 6.66. The number of benzene rings is 1. The number of rotatable bonds is 5. The fourth-order valence-electron chi connectivity index (χ4n) is 2.76. The van der Waals surface area contributed by atoms with Gasteiger partial charge >= 0.3 is 5.97 Å². The van der Waals surface area contributed by atoms with E-state index in [2.05, 4.69) is 4.72 Å². The van der Waals surface area contributed by atoms with Gasteiger partial charge in [-0.15, -0.1) is 0 Å². The van der Waals surface area contributed by atoms with Gasteiger partial charge in [-0.05, 0) is 56.4 Å². The number of carbonyl (C=O) groups is 1. The second-order valence-corrected chi connectivity index (χ2v) is 7.35. The van der Waals surface area contributed by atoms with Gasteiger partial charge in [-0.25, -0.2) is 13.1 Å². The molecule has 2 rings (SSSR count). The summed E-state index contributed by atoms with van der Waals surface area (Å²) < 4.78 is 32.6. The SMILES string of the molecule is COc1ccc(S(=O)(=O)NC2CCC(C(=O)O)CC2)cc1C. The van der Waals surface area contributed by atoms with Gasteiger partial charge < -0.3 is 9.84 Å². The molecule has 2 N–H and O–H groups in total. The van der Waals surface area contributed by atoms with E-state index < -0.39 is 16.0 Å². The maximum absolute atomic E-state index is 12.4. The molecule has 0 unspecified atom stereocenters. The second-order valence-electron chi connectivity index (χ2n) is 5.64. The third kappa shape index (κ3) is 3.78. The van der Waals surface area contributed by atoms with Crippen molar-refractivity contribution in [3.63, 3.8) is 0 Å². The van der Waals surface area contributed by atoms with Gasteiger partial charge in [0.25, 0.3) is 0 Å². The molecule has 0 aliphatic heterocycles. The summed E-state index contributed by atoms with van der Waals surface area (Å²) in [5.74, 6) is -0.517. The molecule has 0 bridgehead atoms. The van der Waals surface area contributed by atoms with Crippen molar-refractivity contribution >= 4 is 16.0 Å². The Hall–Kier alpha value is -1.60. The van der Waals surface area contributed by atoms with Gasteiger partial charge in [0.15, 0.2) is 0 Å². The molecule has 0 saturated heterocycles. The molecule has 6 nitrogen and oxygen atoms in total. The molecule has 1 aromatic carbocycles. The van der Waals surface area contributed by atoms with Gasteiger partial charge in [0.1, 0.15) is 5.75 Å². The summed E-state index contributed by atoms with van der Waals surface area (Å²) in [5.41, 5.74) is 0.750. The standard InChI is InChI=1S/C15H21NO5S/c1-10-9-13(7-8-14(10)21-2)22(19,20)16-12-5-3-11(4-6-12)15(17)18/h7-9,11-12,16H,3-6H2,1-2H3,(H,17,18). The zero-order valence-electron chi connectivity index (χ0n) is 12.7. The van der Waals surface area contributed by atoms with Crippen LogP contribution in [0.3, 0.4) is 0 Å². The van der Waals surface area contributed by atoms with Gasteiger partial charge in [0.05, 0.1) is 17.9 Å². The summed E-state index contributed by atoms with van der Waals surface area (Å²) in [4.78, 5) is 11.1. The number of hydrogen-bond acceptors (Lipinski definition) is 4. The molecule has 1 aromatic rings. The number of carboxylic acid groups (broad SMARTS) is 1. The molecule has 0 radical (unpaired) electrons. The van der Waals surface area contributed by atoms with Crippen LogP contribution in [0.5, 0.6) is 5.75 Å². The molecule has 1 fully saturated rings. The number of carboxylic acids is 1. The molecule has 0 spiro atoms. The van der Waals surface area contributed by atoms with Crippen molar-refractivity contribution in [1.82, 2.24) is 4.72 Å². The Kier molecular flexibility index (Phi) is 5.08. The zero-order chi connectivity index (χ0) is 16.3. The average Bonchev–Trinajstić information content (AvgIpc) is 2.47. The van der Waals surface area contributed by atoms with Crippen molar-refractivity contribution in [3.05, 3.63) is 23.8 Å². The first-order valence-corrected chi connectivity index (χ1v) is 8.71. The quantitative estimate of drug-likeness (QED) is 0.862. The Morgan fingerprint density at radius 2 is 1.91 bits per heavy atom. The summed E-state index contributed by atoms with van der Waals surface area (Å²) in [5, 5.41) is 8.96. The van der Waals surface area contributed by atoms with Crippen molar-refractivity contribution < 1.29 is 23.1 Å². The number of nitrogens with one attached hydrogen (secondary N) is 1. The van der Waals surface area contributed by atoms with Crippen LogP contribution in [0.4, 0.5) is 0 Å². The molecule has 1 aliphatic rings. The van der Waals surface area contributed by atoms with E-state index in [1.165, 1.54) is 13.2 Å². The van der Waals surface area contributed by atoms with E-state index >= 15 is 0 Å². The van der Waals surface area contributed by atoms with Crippen molar-refractivity contribution in [2.45, 2.75) is 43.5 Å².